The van der Waals surface area contributed by atoms with Crippen LogP contribution < -0.4 is 59.3 Å². The number of ether oxygens (including phenoxy) is 1. The van der Waals surface area contributed by atoms with Gasteiger partial charge in [-0.05, 0) is 101 Å². The van der Waals surface area contributed by atoms with E-state index in [1.165, 1.54) is 30.5 Å². The Morgan fingerprint density at radius 3 is 2.08 bits per heavy atom. The van der Waals surface area contributed by atoms with E-state index in [1.807, 2.05) is 0 Å². The predicted octanol–water partition coefficient (Wildman–Crippen LogP) is -1.67. The number of aromatic amines is 2. The number of fused-ring (bicyclic) bond motifs is 1. The maximum absolute atomic E-state index is 14.9. The van der Waals surface area contributed by atoms with Crippen LogP contribution in [0.1, 0.15) is 109 Å². The molecule has 12 atom stereocenters. The Balaban J connectivity index is 1.28. The molecule has 0 saturated carbocycles. The van der Waals surface area contributed by atoms with E-state index in [1.54, 1.807) is 72.0 Å². The van der Waals surface area contributed by atoms with E-state index in [9.17, 15) is 59.5 Å². The molecule has 0 spiro atoms. The van der Waals surface area contributed by atoms with Gasteiger partial charge in [-0.1, -0.05) is 44.2 Å². The topological polar surface area (TPSA) is 441 Å². The van der Waals surface area contributed by atoms with Gasteiger partial charge >= 0.3 is 0 Å². The number of carbonyl (C=O) groups excluding carboxylic acids is 10. The third-order valence-electron chi connectivity index (χ3n) is 14.3. The minimum atomic E-state index is -1.99. The number of likely N-dealkylation sites (tertiary alicyclic amines) is 1. The number of amides is 10. The lowest BCUT2D eigenvalue weighted by Crippen LogP contribution is -2.62. The van der Waals surface area contributed by atoms with E-state index in [4.69, 9.17) is 20.3 Å². The number of aromatic nitrogens is 3. The van der Waals surface area contributed by atoms with Crippen molar-refractivity contribution < 1.29 is 68.4 Å². The van der Waals surface area contributed by atoms with Gasteiger partial charge in [-0.2, -0.15) is 0 Å². The summed E-state index contributed by atoms with van der Waals surface area (Å²) in [6.07, 6.45) is -1.87. The average molecular weight is 1250 g/mol. The first-order valence-corrected chi connectivity index (χ1v) is 29.4. The second-order valence-electron chi connectivity index (χ2n) is 23.0. The van der Waals surface area contributed by atoms with Crippen molar-refractivity contribution in [2.45, 2.75) is 166 Å². The number of carbonyl (C=O) groups is 10. The van der Waals surface area contributed by atoms with Gasteiger partial charge in [0.25, 0.3) is 0 Å². The molecule has 2 saturated heterocycles. The molecule has 2 aliphatic rings. The van der Waals surface area contributed by atoms with Gasteiger partial charge in [0.05, 0.1) is 30.8 Å². The zero-order valence-corrected chi connectivity index (χ0v) is 50.6. The van der Waals surface area contributed by atoms with Crippen LogP contribution in [0.3, 0.4) is 0 Å². The summed E-state index contributed by atoms with van der Waals surface area (Å²) >= 11 is 0. The number of nitrogens with two attached hydrogens (primary N) is 2. The van der Waals surface area contributed by atoms with Crippen LogP contribution in [0.5, 0.6) is 5.75 Å². The van der Waals surface area contributed by atoms with E-state index < -0.39 is 146 Å². The van der Waals surface area contributed by atoms with Crippen molar-refractivity contribution in [3.05, 3.63) is 84.0 Å². The third kappa shape index (κ3) is 21.0. The molecule has 4 aromatic rings. The maximum atomic E-state index is 14.9. The number of aliphatic hydroxyl groups is 1. The number of imidazole rings is 1. The van der Waals surface area contributed by atoms with E-state index in [-0.39, 0.29) is 106 Å². The smallest absolute Gasteiger partial charge is 0.245 e. The Labute approximate surface area is 521 Å². The Hall–Kier alpha value is -9.12. The predicted molar refractivity (Wildman–Crippen MR) is 326 cm³/mol. The second kappa shape index (κ2) is 32.7. The van der Waals surface area contributed by atoms with Crippen LogP contribution >= 0.6 is 0 Å². The molecule has 17 N–H and O–H groups in total. The highest BCUT2D eigenvalue weighted by atomic mass is 16.5. The minimum absolute atomic E-state index is 0.0269. The SMILES string of the molecule is [3H]c1nc(C[C@H](NC(=O)[C@@H]2CCC(=O)N2)C(=O)N[C@@H](Cc2c[nH]c3ccccc23)C(=O)N[C@@H](CO)C(=O)N[C@H](C(=O)N[C@H](COC(C)(C)C)C(=O)N[C@@H](CC(C)C)C(=O)N[C@@H](CCCN=C(N)N)C(=O)N2CC([3H])C([3H])[C@H]2C(=O)NCC)C([3H])c2ccc(O)cc2)c[nH]1. The molecule has 4 heterocycles. The van der Waals surface area contributed by atoms with Gasteiger partial charge in [-0.3, -0.25) is 52.9 Å². The van der Waals surface area contributed by atoms with Gasteiger partial charge in [-0.25, -0.2) is 4.98 Å². The number of rotatable bonds is 32. The maximum Gasteiger partial charge on any atom is 0.245 e. The number of nitrogens with zero attached hydrogens (tertiary/aromatic N) is 3. The first-order chi connectivity index (χ1) is 44.0. The summed E-state index contributed by atoms with van der Waals surface area (Å²) in [5.74, 6) is -9.56. The molecule has 89 heavy (non-hydrogen) atoms. The van der Waals surface area contributed by atoms with E-state index >= 15 is 0 Å². The molecule has 10 amide bonds. The molecular weight excluding hydrogens is 1150 g/mol. The fourth-order valence-electron chi connectivity index (χ4n) is 9.78. The lowest BCUT2D eigenvalue weighted by Gasteiger charge is -2.31. The largest absolute Gasteiger partial charge is 0.508 e. The van der Waals surface area contributed by atoms with Crippen LogP contribution in [0.15, 0.2) is 72.2 Å². The van der Waals surface area contributed by atoms with Crippen LogP contribution in [-0.2, 0) is 71.9 Å². The number of H-pyrrole nitrogens is 2. The monoisotopic (exact) mass is 1250 g/mol. The van der Waals surface area contributed by atoms with Crippen molar-refractivity contribution in [2.75, 3.05) is 32.8 Å². The number of hydrogen-bond acceptors (Lipinski definition) is 15. The van der Waals surface area contributed by atoms with Crippen LogP contribution in [0.25, 0.3) is 10.9 Å². The fourth-order valence-corrected chi connectivity index (χ4v) is 9.78. The molecule has 0 radical (unpaired) electrons. The highest BCUT2D eigenvalue weighted by Crippen LogP contribution is 2.22. The molecule has 2 aromatic carbocycles. The van der Waals surface area contributed by atoms with Crippen molar-refractivity contribution in [1.29, 1.82) is 0 Å². The Morgan fingerprint density at radius 1 is 0.820 bits per heavy atom. The molecular formula is C60H86N16O13. The lowest BCUT2D eigenvalue weighted by atomic mass is 10.0. The van der Waals surface area contributed by atoms with Crippen molar-refractivity contribution in [3.63, 3.8) is 0 Å². The van der Waals surface area contributed by atoms with Gasteiger partial charge in [0.2, 0.25) is 59.1 Å². The van der Waals surface area contributed by atoms with Gasteiger partial charge in [-0.15, -0.1) is 0 Å². The standard InChI is InChI=1S/C60H86N16O13/c1-7-64-57(87)48-15-11-23-76(48)58(88)41(14-10-22-65-59(61)62)69-51(81)42(24-33(2)3)70-56(86)47(31-89-60(4,5)6)75-52(82)43(25-34-16-18-37(78)19-17-34)71-55(85)46(30-77)74-53(83)44(26-35-28-66-39-13-9-8-12-38(35)39)72-54(84)45(27-36-29-63-32-67-36)73-50(80)40-20-21-49(79)68-40/h8-9,12-13,16-19,28-29,32-33,40-48,66,77-78H,7,10-11,14-15,20-27,30-31H2,1-6H3,(H,63,67)(H,64,87)(H,68,79)(H,69,81)(H,70,86)(H,71,85)(H,72,84)(H,73,80)(H,74,83)(H,75,82)(H4,61,62,65)/t40-,41-,42-,43-,44-,45-,46-,47+,48-/m0/s1/i11T,15T,25T,32T/t11?,15?,25?,40-,41-,42-,43-,44-,45-,46-,47+,48-. The molecule has 3 unspecified atom stereocenters. The van der Waals surface area contributed by atoms with Gasteiger partial charge in [0.15, 0.2) is 5.96 Å². The third-order valence-corrected chi connectivity index (χ3v) is 14.3. The van der Waals surface area contributed by atoms with Crippen molar-refractivity contribution in [1.82, 2.24) is 67.7 Å². The Bertz CT molecular complexity index is 3320. The molecule has 2 aromatic heterocycles. The first kappa shape index (κ1) is 62.9. The van der Waals surface area contributed by atoms with Gasteiger partial charge in [0, 0.05) is 72.7 Å². The molecule has 2 fully saturated rings. The van der Waals surface area contributed by atoms with Crippen molar-refractivity contribution >= 4 is 75.9 Å². The number of phenols is 1. The zero-order chi connectivity index (χ0) is 68.4. The Morgan fingerprint density at radius 2 is 1.44 bits per heavy atom. The molecule has 2 aliphatic heterocycles. The summed E-state index contributed by atoms with van der Waals surface area (Å²) in [4.78, 5) is 156. The summed E-state index contributed by atoms with van der Waals surface area (Å²) in [7, 11) is 0. The number of aliphatic hydroxyl groups excluding tert-OH is 1. The van der Waals surface area contributed by atoms with E-state index in [0.29, 0.717) is 16.5 Å². The molecule has 29 heteroatoms. The summed E-state index contributed by atoms with van der Waals surface area (Å²) in [5.41, 5.74) is 11.5. The van der Waals surface area contributed by atoms with Gasteiger partial charge < -0.3 is 89.1 Å². The van der Waals surface area contributed by atoms with E-state index in [0.717, 1.165) is 4.90 Å². The second-order valence-corrected chi connectivity index (χ2v) is 23.0. The first-order valence-electron chi connectivity index (χ1n) is 31.6. The number of guanidine groups is 1. The summed E-state index contributed by atoms with van der Waals surface area (Å²) < 4.78 is 40.3. The van der Waals surface area contributed by atoms with E-state index in [2.05, 4.69) is 67.8 Å². The molecule has 0 aliphatic carbocycles. The number of nitrogens with one attached hydrogen (secondary N) is 11. The number of phenolic OH excluding ortho intramolecular Hbond substituents is 1. The number of likely N-dealkylation sites (N-methyl/N-ethyl adjacent to an activating group) is 1. The number of hydrogen-bond donors (Lipinski definition) is 15. The van der Waals surface area contributed by atoms with Crippen molar-refractivity contribution in [2.24, 2.45) is 22.4 Å². The molecule has 484 valence electrons. The normalized spacial score (nSPS) is 19.8. The summed E-state index contributed by atoms with van der Waals surface area (Å²) in [6.45, 7) is 8.32. The molecule has 6 rings (SSSR count). The van der Waals surface area contributed by atoms with Crippen LogP contribution in [0, 0.1) is 5.92 Å². The zero-order valence-electron chi connectivity index (χ0n) is 54.6. The number of aliphatic imine (C=N–C) groups is 1. The molecule has 29 nitrogen and oxygen atoms in total. The lowest BCUT2D eigenvalue weighted by molar-refractivity contribution is -0.142. The number of para-hydroxylation sites is 1. The van der Waals surface area contributed by atoms with Crippen molar-refractivity contribution in [3.8, 4) is 5.75 Å². The molecule has 0 bridgehead atoms. The minimum Gasteiger partial charge on any atom is -0.508 e. The van der Waals surface area contributed by atoms with Crippen LogP contribution in [0.2, 0.25) is 0 Å². The van der Waals surface area contributed by atoms with Gasteiger partial charge in [0.1, 0.15) is 61.5 Å². The number of benzene rings is 2. The Kier molecular flexibility index (Phi) is 23.1. The average Bonchev–Trinajstić information content (AvgIpc) is 1.76. The highest BCUT2D eigenvalue weighted by Gasteiger charge is 2.40. The summed E-state index contributed by atoms with van der Waals surface area (Å²) in [5, 5.41) is 44.8. The number of aromatic hydroxyl groups is 1. The van der Waals surface area contributed by atoms with Crippen LogP contribution in [-0.4, -0.2) is 188 Å². The summed E-state index contributed by atoms with van der Waals surface area (Å²) in [6, 6.07) is -1.74. The quantitative estimate of drug-likeness (QED) is 0.0148. The van der Waals surface area contributed by atoms with Crippen LogP contribution in [0.4, 0.5) is 0 Å². The highest BCUT2D eigenvalue weighted by molar-refractivity contribution is 5.99. The fraction of sp³-hybridized carbons (Fsp3) is 0.533.